The van der Waals surface area contributed by atoms with Crippen molar-refractivity contribution in [3.05, 3.63) is 5.69 Å². The second-order valence-corrected chi connectivity index (χ2v) is 1.91. The number of ether oxygens (including phenoxy) is 1. The van der Waals surface area contributed by atoms with Gasteiger partial charge < -0.3 is 10.5 Å². The summed E-state index contributed by atoms with van der Waals surface area (Å²) in [5, 5.41) is 7.35. The number of carbonyl (C=O) groups is 1. The van der Waals surface area contributed by atoms with E-state index < -0.39 is 5.97 Å². The summed E-state index contributed by atoms with van der Waals surface area (Å²) in [6.07, 6.45) is 0. The highest BCUT2D eigenvalue weighted by atomic mass is 16.5. The molecule has 6 nitrogen and oxygen atoms in total. The van der Waals surface area contributed by atoms with Crippen LogP contribution in [0.15, 0.2) is 0 Å². The summed E-state index contributed by atoms with van der Waals surface area (Å²) in [4.78, 5) is 12.0. The molecule has 0 unspecified atom stereocenters. The molecule has 0 amide bonds. The van der Waals surface area contributed by atoms with Crippen LogP contribution in [0.2, 0.25) is 0 Å². The van der Waals surface area contributed by atoms with Gasteiger partial charge in [-0.15, -0.1) is 10.2 Å². The van der Waals surface area contributed by atoms with Gasteiger partial charge in [-0.25, -0.2) is 4.79 Å². The van der Waals surface area contributed by atoms with Gasteiger partial charge in [0.1, 0.15) is 0 Å². The molecule has 1 heterocycles. The lowest BCUT2D eigenvalue weighted by Crippen LogP contribution is -2.05. The van der Waals surface area contributed by atoms with Crippen LogP contribution in [0.25, 0.3) is 0 Å². The standard InChI is InChI=1S/C5H8N4O2/c1-9-7-3(4(6)8-9)5(10)11-2/h1-2H3,(H2,6,8). The second kappa shape index (κ2) is 2.57. The smallest absolute Gasteiger partial charge is 0.362 e. The molecule has 0 fully saturated rings. The molecular weight excluding hydrogens is 148 g/mol. The molecule has 0 aromatic carbocycles. The minimum Gasteiger partial charge on any atom is -0.464 e. The third kappa shape index (κ3) is 1.28. The molecule has 1 rings (SSSR count). The molecule has 0 saturated heterocycles. The fraction of sp³-hybridized carbons (Fsp3) is 0.400. The summed E-state index contributed by atoms with van der Waals surface area (Å²) in [5.74, 6) is -0.491. The number of aryl methyl sites for hydroxylation is 1. The van der Waals surface area contributed by atoms with E-state index in [4.69, 9.17) is 5.73 Å². The normalized spacial score (nSPS) is 9.64. The summed E-state index contributed by atoms with van der Waals surface area (Å²) in [6, 6.07) is 0. The van der Waals surface area contributed by atoms with E-state index in [0.29, 0.717) is 0 Å². The van der Waals surface area contributed by atoms with E-state index in [1.807, 2.05) is 0 Å². The molecule has 0 aliphatic carbocycles. The van der Waals surface area contributed by atoms with E-state index in [0.717, 1.165) is 0 Å². The van der Waals surface area contributed by atoms with Crippen molar-refractivity contribution in [1.82, 2.24) is 15.0 Å². The molecule has 0 aliphatic rings. The first kappa shape index (κ1) is 7.52. The van der Waals surface area contributed by atoms with E-state index in [2.05, 4.69) is 14.9 Å². The Labute approximate surface area is 62.9 Å². The third-order valence-corrected chi connectivity index (χ3v) is 1.12. The van der Waals surface area contributed by atoms with Crippen molar-refractivity contribution >= 4 is 11.8 Å². The predicted molar refractivity (Wildman–Crippen MR) is 36.8 cm³/mol. The lowest BCUT2D eigenvalue weighted by atomic mass is 10.4. The number of hydrogen-bond donors (Lipinski definition) is 1. The fourth-order valence-corrected chi connectivity index (χ4v) is 0.664. The highest BCUT2D eigenvalue weighted by molar-refractivity contribution is 5.91. The zero-order chi connectivity index (χ0) is 8.43. The van der Waals surface area contributed by atoms with Gasteiger partial charge in [0.2, 0.25) is 5.69 Å². The Kier molecular flexibility index (Phi) is 1.75. The van der Waals surface area contributed by atoms with Gasteiger partial charge in [-0.05, 0) is 0 Å². The Morgan fingerprint density at radius 3 is 2.64 bits per heavy atom. The molecule has 0 spiro atoms. The van der Waals surface area contributed by atoms with Gasteiger partial charge >= 0.3 is 5.97 Å². The maximum atomic E-state index is 10.8. The fourth-order valence-electron chi connectivity index (χ4n) is 0.664. The molecule has 0 saturated carbocycles. The van der Waals surface area contributed by atoms with Crippen LogP contribution in [0.5, 0.6) is 0 Å². The van der Waals surface area contributed by atoms with Crippen LogP contribution in [-0.4, -0.2) is 28.1 Å². The highest BCUT2D eigenvalue weighted by Gasteiger charge is 2.14. The zero-order valence-corrected chi connectivity index (χ0v) is 6.24. The molecule has 0 atom stereocenters. The van der Waals surface area contributed by atoms with Crippen molar-refractivity contribution in [3.8, 4) is 0 Å². The Hall–Kier alpha value is -1.59. The lowest BCUT2D eigenvalue weighted by Gasteiger charge is -1.91. The molecule has 6 heteroatoms. The van der Waals surface area contributed by atoms with Gasteiger partial charge in [-0.2, -0.15) is 4.80 Å². The van der Waals surface area contributed by atoms with Crippen molar-refractivity contribution in [1.29, 1.82) is 0 Å². The number of methoxy groups -OCH3 is 1. The maximum absolute atomic E-state index is 10.8. The number of rotatable bonds is 1. The first-order valence-electron chi connectivity index (χ1n) is 2.90. The van der Waals surface area contributed by atoms with E-state index in [-0.39, 0.29) is 11.5 Å². The van der Waals surface area contributed by atoms with Gasteiger partial charge in [-0.3, -0.25) is 0 Å². The lowest BCUT2D eigenvalue weighted by molar-refractivity contribution is 0.0594. The summed E-state index contributed by atoms with van der Waals surface area (Å²) in [7, 11) is 2.83. The average molecular weight is 156 g/mol. The summed E-state index contributed by atoms with van der Waals surface area (Å²) < 4.78 is 4.40. The molecule has 0 bridgehead atoms. The third-order valence-electron chi connectivity index (χ3n) is 1.12. The first-order valence-corrected chi connectivity index (χ1v) is 2.90. The van der Waals surface area contributed by atoms with E-state index in [1.165, 1.54) is 11.9 Å². The number of carbonyl (C=O) groups excluding carboxylic acids is 1. The van der Waals surface area contributed by atoms with E-state index >= 15 is 0 Å². The van der Waals surface area contributed by atoms with Gasteiger partial charge in [-0.1, -0.05) is 0 Å². The van der Waals surface area contributed by atoms with Crippen LogP contribution in [-0.2, 0) is 11.8 Å². The van der Waals surface area contributed by atoms with Crippen LogP contribution >= 0.6 is 0 Å². The number of anilines is 1. The SMILES string of the molecule is COC(=O)c1nn(C)nc1N. The van der Waals surface area contributed by atoms with Crippen LogP contribution in [0.1, 0.15) is 10.5 Å². The van der Waals surface area contributed by atoms with Gasteiger partial charge in [0.05, 0.1) is 7.11 Å². The van der Waals surface area contributed by atoms with Crippen molar-refractivity contribution in [2.75, 3.05) is 12.8 Å². The Bertz CT molecular complexity index is 280. The van der Waals surface area contributed by atoms with Crippen LogP contribution in [0.4, 0.5) is 5.82 Å². The molecule has 0 radical (unpaired) electrons. The second-order valence-electron chi connectivity index (χ2n) is 1.91. The Morgan fingerprint density at radius 2 is 2.27 bits per heavy atom. The van der Waals surface area contributed by atoms with Crippen LogP contribution < -0.4 is 5.73 Å². The number of nitrogens with two attached hydrogens (primary N) is 1. The molecule has 11 heavy (non-hydrogen) atoms. The van der Waals surface area contributed by atoms with Crippen molar-refractivity contribution in [2.24, 2.45) is 7.05 Å². The monoisotopic (exact) mass is 156 g/mol. The summed E-state index contributed by atoms with van der Waals surface area (Å²) >= 11 is 0. The Balaban J connectivity index is 3.03. The number of aromatic nitrogens is 3. The molecule has 2 N–H and O–H groups in total. The molecule has 1 aromatic heterocycles. The van der Waals surface area contributed by atoms with Crippen molar-refractivity contribution in [2.45, 2.75) is 0 Å². The minimum atomic E-state index is -0.574. The quantitative estimate of drug-likeness (QED) is 0.537. The molecule has 60 valence electrons. The molecule has 1 aromatic rings. The molecule has 0 aliphatic heterocycles. The largest absolute Gasteiger partial charge is 0.464 e. The van der Waals surface area contributed by atoms with Crippen LogP contribution in [0, 0.1) is 0 Å². The summed E-state index contributed by atoms with van der Waals surface area (Å²) in [6.45, 7) is 0. The van der Waals surface area contributed by atoms with Crippen molar-refractivity contribution in [3.63, 3.8) is 0 Å². The number of esters is 1. The van der Waals surface area contributed by atoms with Gasteiger partial charge in [0.25, 0.3) is 0 Å². The predicted octanol–water partition coefficient (Wildman–Crippen LogP) is -0.816. The Morgan fingerprint density at radius 1 is 1.64 bits per heavy atom. The highest BCUT2D eigenvalue weighted by Crippen LogP contribution is 2.04. The first-order chi connectivity index (χ1) is 5.15. The van der Waals surface area contributed by atoms with Crippen molar-refractivity contribution < 1.29 is 9.53 Å². The summed E-state index contributed by atoms with van der Waals surface area (Å²) in [5.41, 5.74) is 5.37. The number of nitrogen functional groups attached to an aromatic ring is 1. The van der Waals surface area contributed by atoms with E-state index in [9.17, 15) is 4.79 Å². The number of nitrogens with zero attached hydrogens (tertiary/aromatic N) is 3. The minimum absolute atomic E-state index is 0.0509. The topological polar surface area (TPSA) is 83.0 Å². The average Bonchev–Trinajstić information content (AvgIpc) is 2.28. The number of hydrogen-bond acceptors (Lipinski definition) is 5. The van der Waals surface area contributed by atoms with Gasteiger partial charge in [0, 0.05) is 7.05 Å². The van der Waals surface area contributed by atoms with Gasteiger partial charge in [0.15, 0.2) is 5.82 Å². The zero-order valence-electron chi connectivity index (χ0n) is 6.24. The van der Waals surface area contributed by atoms with E-state index in [1.54, 1.807) is 7.05 Å². The molecular formula is C5H8N4O2. The van der Waals surface area contributed by atoms with Crippen LogP contribution in [0.3, 0.4) is 0 Å². The maximum Gasteiger partial charge on any atom is 0.362 e.